The molecule has 1 heterocycles. The van der Waals surface area contributed by atoms with Crippen LogP contribution in [0.1, 0.15) is 29.3 Å². The van der Waals surface area contributed by atoms with Gasteiger partial charge >= 0.3 is 5.97 Å². The molecular weight excluding hydrogens is 318 g/mol. The summed E-state index contributed by atoms with van der Waals surface area (Å²) in [4.78, 5) is 16.0. The Hall–Kier alpha value is -2.15. The van der Waals surface area contributed by atoms with Crippen LogP contribution in [0.5, 0.6) is 0 Å². The van der Waals surface area contributed by atoms with Crippen LogP contribution in [-0.4, -0.2) is 25.1 Å². The summed E-state index contributed by atoms with van der Waals surface area (Å²) in [6.45, 7) is 5.33. The summed E-state index contributed by atoms with van der Waals surface area (Å²) in [5.74, 6) is 0.0698. The normalized spacial score (nSPS) is 11.4. The predicted octanol–water partition coefficient (Wildman–Crippen LogP) is 2.51. The quantitative estimate of drug-likeness (QED) is 0.753. The summed E-state index contributed by atoms with van der Waals surface area (Å²) >= 11 is 0. The Kier molecular flexibility index (Phi) is 5.20. The van der Waals surface area contributed by atoms with Gasteiger partial charge in [0, 0.05) is 0 Å². The molecule has 0 aliphatic rings. The van der Waals surface area contributed by atoms with Gasteiger partial charge in [0.15, 0.2) is 16.4 Å². The first kappa shape index (κ1) is 17.2. The lowest BCUT2D eigenvalue weighted by atomic mass is 10.2. The monoisotopic (exact) mass is 337 g/mol. The van der Waals surface area contributed by atoms with Crippen molar-refractivity contribution in [3.05, 3.63) is 47.2 Å². The van der Waals surface area contributed by atoms with Gasteiger partial charge in [0.1, 0.15) is 5.76 Å². The molecule has 124 valence electrons. The zero-order chi connectivity index (χ0) is 17.0. The number of nitrogens with zero attached hydrogens (tertiary/aromatic N) is 1. The SMILES string of the molecule is Cc1ccc(S(=O)(=O)CCC(=O)OCc2nc(C)c(C)o2)cc1. The zero-order valence-electron chi connectivity index (χ0n) is 13.3. The molecule has 0 N–H and O–H groups in total. The van der Waals surface area contributed by atoms with Crippen LogP contribution in [0.15, 0.2) is 33.6 Å². The van der Waals surface area contributed by atoms with E-state index in [1.54, 1.807) is 26.0 Å². The van der Waals surface area contributed by atoms with E-state index in [4.69, 9.17) is 9.15 Å². The van der Waals surface area contributed by atoms with Crippen molar-refractivity contribution in [1.29, 1.82) is 0 Å². The van der Waals surface area contributed by atoms with E-state index in [1.165, 1.54) is 12.1 Å². The third kappa shape index (κ3) is 4.66. The van der Waals surface area contributed by atoms with E-state index in [0.29, 0.717) is 11.7 Å². The highest BCUT2D eigenvalue weighted by Crippen LogP contribution is 2.14. The Bertz CT molecular complexity index is 771. The van der Waals surface area contributed by atoms with Crippen LogP contribution < -0.4 is 0 Å². The molecule has 0 spiro atoms. The second-order valence-corrected chi connectivity index (χ2v) is 7.40. The average molecular weight is 337 g/mol. The Labute approximate surface area is 135 Å². The first-order chi connectivity index (χ1) is 10.8. The summed E-state index contributed by atoms with van der Waals surface area (Å²) < 4.78 is 34.5. The van der Waals surface area contributed by atoms with Crippen LogP contribution in [0.2, 0.25) is 0 Å². The van der Waals surface area contributed by atoms with E-state index >= 15 is 0 Å². The highest BCUT2D eigenvalue weighted by molar-refractivity contribution is 7.91. The Morgan fingerprint density at radius 1 is 1.17 bits per heavy atom. The lowest BCUT2D eigenvalue weighted by Crippen LogP contribution is -2.13. The number of carbonyl (C=O) groups is 1. The molecule has 0 bridgehead atoms. The molecule has 23 heavy (non-hydrogen) atoms. The second kappa shape index (κ2) is 6.95. The van der Waals surface area contributed by atoms with E-state index in [9.17, 15) is 13.2 Å². The molecule has 2 rings (SSSR count). The summed E-state index contributed by atoms with van der Waals surface area (Å²) in [5.41, 5.74) is 1.71. The number of sulfone groups is 1. The molecular formula is C16H19NO5S. The predicted molar refractivity (Wildman–Crippen MR) is 83.6 cm³/mol. The average Bonchev–Trinajstić information content (AvgIpc) is 2.82. The third-order valence-corrected chi connectivity index (χ3v) is 5.12. The fraction of sp³-hybridized carbons (Fsp3) is 0.375. The van der Waals surface area contributed by atoms with Gasteiger partial charge in [-0.1, -0.05) is 17.7 Å². The fourth-order valence-electron chi connectivity index (χ4n) is 1.90. The van der Waals surface area contributed by atoms with Crippen LogP contribution in [0.3, 0.4) is 0 Å². The lowest BCUT2D eigenvalue weighted by molar-refractivity contribution is -0.145. The van der Waals surface area contributed by atoms with Gasteiger partial charge in [-0.15, -0.1) is 0 Å². The number of aryl methyl sites for hydroxylation is 3. The standard InChI is InChI=1S/C16H19NO5S/c1-11-4-6-14(7-5-11)23(19,20)9-8-16(18)21-10-15-17-12(2)13(3)22-15/h4-7H,8-10H2,1-3H3. The van der Waals surface area contributed by atoms with Crippen LogP contribution in [0.4, 0.5) is 0 Å². The largest absolute Gasteiger partial charge is 0.456 e. The number of benzene rings is 1. The molecule has 2 aromatic rings. The van der Waals surface area contributed by atoms with E-state index in [-0.39, 0.29) is 23.7 Å². The molecule has 0 saturated carbocycles. The maximum Gasteiger partial charge on any atom is 0.307 e. The number of carbonyl (C=O) groups excluding carboxylic acids is 1. The molecule has 0 unspecified atom stereocenters. The zero-order valence-corrected chi connectivity index (χ0v) is 14.1. The van der Waals surface area contributed by atoms with Crippen molar-refractivity contribution < 1.29 is 22.4 Å². The van der Waals surface area contributed by atoms with Gasteiger partial charge < -0.3 is 9.15 Å². The van der Waals surface area contributed by atoms with Crippen molar-refractivity contribution in [2.45, 2.75) is 38.7 Å². The number of ether oxygens (including phenoxy) is 1. The molecule has 0 fully saturated rings. The molecule has 0 radical (unpaired) electrons. The van der Waals surface area contributed by atoms with Crippen LogP contribution in [-0.2, 0) is 26.0 Å². The number of aromatic nitrogens is 1. The van der Waals surface area contributed by atoms with Gasteiger partial charge in [0.25, 0.3) is 0 Å². The first-order valence-electron chi connectivity index (χ1n) is 7.16. The number of esters is 1. The summed E-state index contributed by atoms with van der Waals surface area (Å²) in [6.07, 6.45) is -0.213. The Morgan fingerprint density at radius 3 is 2.39 bits per heavy atom. The van der Waals surface area contributed by atoms with Gasteiger partial charge in [0.2, 0.25) is 5.89 Å². The van der Waals surface area contributed by atoms with Crippen LogP contribution in [0, 0.1) is 20.8 Å². The van der Waals surface area contributed by atoms with Crippen molar-refractivity contribution in [1.82, 2.24) is 4.98 Å². The Balaban J connectivity index is 1.87. The molecule has 0 aliphatic carbocycles. The van der Waals surface area contributed by atoms with E-state index in [0.717, 1.165) is 11.3 Å². The minimum Gasteiger partial charge on any atom is -0.456 e. The van der Waals surface area contributed by atoms with Crippen molar-refractivity contribution in [3.8, 4) is 0 Å². The smallest absolute Gasteiger partial charge is 0.307 e. The van der Waals surface area contributed by atoms with E-state index in [2.05, 4.69) is 4.98 Å². The molecule has 0 saturated heterocycles. The molecule has 6 nitrogen and oxygen atoms in total. The molecule has 7 heteroatoms. The van der Waals surface area contributed by atoms with Crippen molar-refractivity contribution in [2.24, 2.45) is 0 Å². The topological polar surface area (TPSA) is 86.5 Å². The number of hydrogen-bond acceptors (Lipinski definition) is 6. The summed E-state index contributed by atoms with van der Waals surface area (Å²) in [7, 11) is -3.50. The highest BCUT2D eigenvalue weighted by atomic mass is 32.2. The summed E-state index contributed by atoms with van der Waals surface area (Å²) in [6, 6.07) is 6.51. The maximum absolute atomic E-state index is 12.1. The Morgan fingerprint density at radius 2 is 1.83 bits per heavy atom. The molecule has 1 aromatic carbocycles. The number of rotatable bonds is 6. The van der Waals surface area contributed by atoms with Gasteiger partial charge in [-0.05, 0) is 32.9 Å². The van der Waals surface area contributed by atoms with Gasteiger partial charge in [0.05, 0.1) is 22.8 Å². The minimum atomic E-state index is -3.50. The van der Waals surface area contributed by atoms with Crippen molar-refractivity contribution in [2.75, 3.05) is 5.75 Å². The highest BCUT2D eigenvalue weighted by Gasteiger charge is 2.17. The van der Waals surface area contributed by atoms with Crippen molar-refractivity contribution in [3.63, 3.8) is 0 Å². The van der Waals surface area contributed by atoms with E-state index < -0.39 is 15.8 Å². The third-order valence-electron chi connectivity index (χ3n) is 3.38. The first-order valence-corrected chi connectivity index (χ1v) is 8.81. The fourth-order valence-corrected chi connectivity index (χ4v) is 3.12. The second-order valence-electron chi connectivity index (χ2n) is 5.29. The minimum absolute atomic E-state index is 0.0991. The molecule has 0 amide bonds. The van der Waals surface area contributed by atoms with Crippen LogP contribution >= 0.6 is 0 Å². The van der Waals surface area contributed by atoms with E-state index in [1.807, 2.05) is 6.92 Å². The lowest BCUT2D eigenvalue weighted by Gasteiger charge is -2.05. The molecule has 0 atom stereocenters. The number of hydrogen-bond donors (Lipinski definition) is 0. The summed E-state index contributed by atoms with van der Waals surface area (Å²) in [5, 5.41) is 0. The van der Waals surface area contributed by atoms with Gasteiger partial charge in [-0.3, -0.25) is 4.79 Å². The van der Waals surface area contributed by atoms with Crippen molar-refractivity contribution >= 4 is 15.8 Å². The number of oxazole rings is 1. The molecule has 0 aliphatic heterocycles. The maximum atomic E-state index is 12.1. The van der Waals surface area contributed by atoms with Gasteiger partial charge in [-0.2, -0.15) is 0 Å². The molecule has 1 aromatic heterocycles. The van der Waals surface area contributed by atoms with Gasteiger partial charge in [-0.25, -0.2) is 13.4 Å². The van der Waals surface area contributed by atoms with Crippen LogP contribution in [0.25, 0.3) is 0 Å².